The molecule has 3 rings (SSSR count). The molecule has 1 aliphatic rings. The fourth-order valence-corrected chi connectivity index (χ4v) is 2.80. The molecule has 2 aromatic rings. The Kier molecular flexibility index (Phi) is 4.24. The predicted octanol–water partition coefficient (Wildman–Crippen LogP) is 4.57. The summed E-state index contributed by atoms with van der Waals surface area (Å²) in [6.07, 6.45) is -4.84. The second kappa shape index (κ2) is 6.23. The van der Waals surface area contributed by atoms with Crippen LogP contribution in [0.5, 0.6) is 0 Å². The van der Waals surface area contributed by atoms with Crippen molar-refractivity contribution in [2.45, 2.75) is 18.6 Å². The molecular weight excluding hydrogens is 338 g/mol. The maximum atomic E-state index is 13.2. The molecule has 7 heteroatoms. The zero-order chi connectivity index (χ0) is 18.2. The van der Waals surface area contributed by atoms with Crippen LogP contribution in [0.3, 0.4) is 0 Å². The minimum absolute atomic E-state index is 0.190. The fraction of sp³-hybridized carbons (Fsp3) is 0.167. The number of hydrogen-bond donors (Lipinski definition) is 2. The van der Waals surface area contributed by atoms with Gasteiger partial charge in [-0.05, 0) is 30.3 Å². The summed E-state index contributed by atoms with van der Waals surface area (Å²) < 4.78 is 52.4. The van der Waals surface area contributed by atoms with Gasteiger partial charge in [-0.15, -0.1) is 0 Å². The molecule has 25 heavy (non-hydrogen) atoms. The highest BCUT2D eigenvalue weighted by atomic mass is 19.4. The highest BCUT2D eigenvalue weighted by Crippen LogP contribution is 2.39. The number of aliphatic hydroxyl groups is 1. The molecule has 2 N–H and O–H groups in total. The van der Waals surface area contributed by atoms with Gasteiger partial charge in [0.05, 0.1) is 17.2 Å². The molecule has 1 atom stereocenters. The molecule has 0 radical (unpaired) electrons. The zero-order valence-corrected chi connectivity index (χ0v) is 12.8. The number of halogens is 4. The standard InChI is InChI=1S/C18H13F4NO2/c19-10-5-7-11(8-6-10)23-14-9-15(24)16(17(14)25)12-3-1-2-4-13(12)18(20,21)22/h1-8,14,23,25H,9H2/t14-/m1/s1. The molecule has 0 aromatic heterocycles. The van der Waals surface area contributed by atoms with Crippen molar-refractivity contribution in [3.63, 3.8) is 0 Å². The van der Waals surface area contributed by atoms with E-state index in [-0.39, 0.29) is 17.6 Å². The number of alkyl halides is 3. The van der Waals surface area contributed by atoms with Crippen molar-refractivity contribution < 1.29 is 27.5 Å². The maximum Gasteiger partial charge on any atom is 0.417 e. The van der Waals surface area contributed by atoms with E-state index in [1.54, 1.807) is 0 Å². The molecule has 0 amide bonds. The van der Waals surface area contributed by atoms with Gasteiger partial charge in [0.15, 0.2) is 5.78 Å². The van der Waals surface area contributed by atoms with E-state index in [0.717, 1.165) is 12.1 Å². The SMILES string of the molecule is O=C1C[C@@H](Nc2ccc(F)cc2)C(O)=C1c1ccccc1C(F)(F)F. The lowest BCUT2D eigenvalue weighted by Gasteiger charge is -2.15. The first-order valence-corrected chi connectivity index (χ1v) is 7.42. The first-order chi connectivity index (χ1) is 11.8. The lowest BCUT2D eigenvalue weighted by molar-refractivity contribution is -0.137. The summed E-state index contributed by atoms with van der Waals surface area (Å²) in [5.74, 6) is -1.49. The highest BCUT2D eigenvalue weighted by Gasteiger charge is 2.39. The number of hydrogen-bond acceptors (Lipinski definition) is 3. The number of carbonyl (C=O) groups excluding carboxylic acids is 1. The highest BCUT2D eigenvalue weighted by molar-refractivity contribution is 6.24. The number of Topliss-reactive ketones (excluding diaryl/α,β-unsaturated/α-hetero) is 1. The number of rotatable bonds is 3. The van der Waals surface area contributed by atoms with Gasteiger partial charge in [-0.25, -0.2) is 4.39 Å². The Balaban J connectivity index is 1.98. The number of aliphatic hydroxyl groups excluding tert-OH is 1. The number of carbonyl (C=O) groups is 1. The Hall–Kier alpha value is -2.83. The molecule has 0 aliphatic heterocycles. The monoisotopic (exact) mass is 351 g/mol. The van der Waals surface area contributed by atoms with E-state index in [1.807, 2.05) is 0 Å². The number of allylic oxidation sites excluding steroid dienone is 1. The summed E-state index contributed by atoms with van der Waals surface area (Å²) in [6, 6.07) is 8.96. The number of ketones is 1. The predicted molar refractivity (Wildman–Crippen MR) is 84.4 cm³/mol. The van der Waals surface area contributed by atoms with Gasteiger partial charge in [0.1, 0.15) is 11.6 Å². The van der Waals surface area contributed by atoms with E-state index in [1.165, 1.54) is 36.4 Å². The van der Waals surface area contributed by atoms with Gasteiger partial charge >= 0.3 is 6.18 Å². The van der Waals surface area contributed by atoms with Crippen molar-refractivity contribution in [2.24, 2.45) is 0 Å². The number of benzene rings is 2. The van der Waals surface area contributed by atoms with Gasteiger partial charge in [-0.2, -0.15) is 13.2 Å². The third-order valence-corrected chi connectivity index (χ3v) is 3.94. The lowest BCUT2D eigenvalue weighted by Crippen LogP contribution is -2.19. The van der Waals surface area contributed by atoms with E-state index in [0.29, 0.717) is 5.69 Å². The van der Waals surface area contributed by atoms with Gasteiger partial charge in [-0.1, -0.05) is 18.2 Å². The molecule has 2 aromatic carbocycles. The topological polar surface area (TPSA) is 49.3 Å². The molecular formula is C18H13F4NO2. The molecule has 0 spiro atoms. The Morgan fingerprint density at radius 3 is 2.32 bits per heavy atom. The van der Waals surface area contributed by atoms with Gasteiger partial charge in [0, 0.05) is 17.7 Å². The molecule has 0 heterocycles. The van der Waals surface area contributed by atoms with Crippen LogP contribution in [0.2, 0.25) is 0 Å². The van der Waals surface area contributed by atoms with Crippen LogP contribution in [0.1, 0.15) is 17.5 Å². The molecule has 130 valence electrons. The quantitative estimate of drug-likeness (QED) is 0.797. The van der Waals surface area contributed by atoms with E-state index >= 15 is 0 Å². The molecule has 3 nitrogen and oxygen atoms in total. The second-order valence-corrected chi connectivity index (χ2v) is 5.63. The molecule has 0 bridgehead atoms. The van der Waals surface area contributed by atoms with Crippen LogP contribution in [0, 0.1) is 5.82 Å². The Morgan fingerprint density at radius 1 is 1.04 bits per heavy atom. The third kappa shape index (κ3) is 3.35. The third-order valence-electron chi connectivity index (χ3n) is 3.94. The second-order valence-electron chi connectivity index (χ2n) is 5.63. The van der Waals surface area contributed by atoms with Gasteiger partial charge in [0.25, 0.3) is 0 Å². The summed E-state index contributed by atoms with van der Waals surface area (Å²) in [5, 5.41) is 13.2. The van der Waals surface area contributed by atoms with Gasteiger partial charge < -0.3 is 10.4 Å². The van der Waals surface area contributed by atoms with Crippen molar-refractivity contribution in [2.75, 3.05) is 5.32 Å². The number of nitrogens with one attached hydrogen (secondary N) is 1. The maximum absolute atomic E-state index is 13.2. The minimum Gasteiger partial charge on any atom is -0.509 e. The summed E-state index contributed by atoms with van der Waals surface area (Å²) in [7, 11) is 0. The first kappa shape index (κ1) is 17.0. The molecule has 0 fully saturated rings. The number of anilines is 1. The lowest BCUT2D eigenvalue weighted by atomic mass is 9.98. The van der Waals surface area contributed by atoms with Gasteiger partial charge in [0.2, 0.25) is 0 Å². The Morgan fingerprint density at radius 2 is 1.68 bits per heavy atom. The summed E-state index contributed by atoms with van der Waals surface area (Å²) in [6.45, 7) is 0. The van der Waals surface area contributed by atoms with E-state index < -0.39 is 35.1 Å². The van der Waals surface area contributed by atoms with Crippen LogP contribution < -0.4 is 5.32 Å². The summed E-state index contributed by atoms with van der Waals surface area (Å²) >= 11 is 0. The summed E-state index contributed by atoms with van der Waals surface area (Å²) in [4.78, 5) is 12.2. The molecule has 0 saturated carbocycles. The zero-order valence-electron chi connectivity index (χ0n) is 12.8. The Labute approximate surface area is 140 Å². The van der Waals surface area contributed by atoms with Gasteiger partial charge in [-0.3, -0.25) is 4.79 Å². The minimum atomic E-state index is -4.65. The van der Waals surface area contributed by atoms with Crippen LogP contribution in [0.25, 0.3) is 5.57 Å². The van der Waals surface area contributed by atoms with Crippen molar-refractivity contribution >= 4 is 17.0 Å². The molecule has 0 unspecified atom stereocenters. The van der Waals surface area contributed by atoms with Crippen LogP contribution in [0.15, 0.2) is 54.3 Å². The van der Waals surface area contributed by atoms with E-state index in [4.69, 9.17) is 0 Å². The summed E-state index contributed by atoms with van der Waals surface area (Å²) in [5.41, 5.74) is -1.23. The van der Waals surface area contributed by atoms with Crippen molar-refractivity contribution in [1.82, 2.24) is 0 Å². The van der Waals surface area contributed by atoms with Crippen molar-refractivity contribution in [3.05, 3.63) is 71.2 Å². The molecule has 1 aliphatic carbocycles. The Bertz CT molecular complexity index is 841. The van der Waals surface area contributed by atoms with Crippen LogP contribution in [-0.4, -0.2) is 16.9 Å². The van der Waals surface area contributed by atoms with Crippen LogP contribution >= 0.6 is 0 Å². The fourth-order valence-electron chi connectivity index (χ4n) is 2.80. The van der Waals surface area contributed by atoms with Crippen LogP contribution in [0.4, 0.5) is 23.2 Å². The average Bonchev–Trinajstić information content (AvgIpc) is 2.83. The average molecular weight is 351 g/mol. The first-order valence-electron chi connectivity index (χ1n) is 7.42. The normalized spacial score (nSPS) is 17.9. The van der Waals surface area contributed by atoms with Crippen molar-refractivity contribution in [3.8, 4) is 0 Å². The van der Waals surface area contributed by atoms with Crippen molar-refractivity contribution in [1.29, 1.82) is 0 Å². The van der Waals surface area contributed by atoms with Crippen LogP contribution in [-0.2, 0) is 11.0 Å². The molecule has 0 saturated heterocycles. The van der Waals surface area contributed by atoms with E-state index in [9.17, 15) is 27.5 Å². The smallest absolute Gasteiger partial charge is 0.417 e. The largest absolute Gasteiger partial charge is 0.509 e. The van der Waals surface area contributed by atoms with E-state index in [2.05, 4.69) is 5.32 Å².